The van der Waals surface area contributed by atoms with Gasteiger partial charge in [-0.2, -0.15) is 0 Å². The van der Waals surface area contributed by atoms with Gasteiger partial charge in [0.2, 0.25) is 11.2 Å². The molecule has 2 heterocycles. The van der Waals surface area contributed by atoms with Gasteiger partial charge < -0.3 is 9.84 Å². The lowest BCUT2D eigenvalue weighted by Crippen LogP contribution is -2.30. The Kier molecular flexibility index (Phi) is 4.92. The number of H-pyrrole nitrogens is 2. The van der Waals surface area contributed by atoms with E-state index in [0.29, 0.717) is 16.4 Å². The molecule has 0 saturated heterocycles. The summed E-state index contributed by atoms with van der Waals surface area (Å²) in [6.45, 7) is 8.64. The number of hydrogen-bond acceptors (Lipinski definition) is 5. The highest BCUT2D eigenvalue weighted by Crippen LogP contribution is 2.29. The Morgan fingerprint density at radius 1 is 1.22 bits per heavy atom. The minimum atomic E-state index is -0.784. The Morgan fingerprint density at radius 3 is 2.70 bits per heavy atom. The van der Waals surface area contributed by atoms with Gasteiger partial charge in [-0.15, -0.1) is 0 Å². The number of benzene rings is 1. The van der Waals surface area contributed by atoms with Gasteiger partial charge >= 0.3 is 5.56 Å². The zero-order valence-electron chi connectivity index (χ0n) is 13.9. The van der Waals surface area contributed by atoms with Gasteiger partial charge in [0, 0.05) is 11.1 Å². The molecule has 0 saturated carbocycles. The van der Waals surface area contributed by atoms with Crippen molar-refractivity contribution in [1.82, 2.24) is 19.7 Å². The summed E-state index contributed by atoms with van der Waals surface area (Å²) in [6.07, 6.45) is 1.30. The maximum absolute atomic E-state index is 12.7. The van der Waals surface area contributed by atoms with Crippen LogP contribution in [0.1, 0.15) is 11.4 Å². The number of aryl methyl sites for hydroxylation is 1. The highest BCUT2D eigenvalue weighted by atomic mass is 35.5. The molecule has 9 nitrogen and oxygen atoms in total. The van der Waals surface area contributed by atoms with Crippen LogP contribution in [0.4, 0.5) is 5.69 Å². The molecule has 0 aliphatic carbocycles. The first-order valence-corrected chi connectivity index (χ1v) is 7.98. The lowest BCUT2D eigenvalue weighted by molar-refractivity contribution is 0.458. The molecule has 0 amide bonds. The minimum absolute atomic E-state index is 0.0304. The van der Waals surface area contributed by atoms with Crippen molar-refractivity contribution in [3.8, 4) is 11.5 Å². The summed E-state index contributed by atoms with van der Waals surface area (Å²) in [5, 5.41) is 5.03. The molecule has 0 radical (unpaired) electrons. The number of ether oxygens (including phenoxy) is 1. The minimum Gasteiger partial charge on any atom is -0.451 e. The molecule has 0 atom stereocenters. The topological polar surface area (TPSA) is 114 Å². The standard InChI is InChI=1S/C17H12ClN5O4/c1-9-15(27-13-4-10(18)3-11(5-13)19-2)17(26)23(8-20-9)7-12-6-14(24)16(25)22-21-12/h3-6,8H,7H2,1H3,(H,21,24)(H,22,25). The highest BCUT2D eigenvalue weighted by Gasteiger charge is 2.13. The fourth-order valence-electron chi connectivity index (χ4n) is 2.30. The van der Waals surface area contributed by atoms with Crippen LogP contribution < -0.4 is 21.3 Å². The van der Waals surface area contributed by atoms with Gasteiger partial charge in [-0.3, -0.25) is 24.0 Å². The number of nitrogens with zero attached hydrogens (tertiary/aromatic N) is 3. The molecule has 0 aliphatic heterocycles. The zero-order valence-corrected chi connectivity index (χ0v) is 14.7. The van der Waals surface area contributed by atoms with Crippen molar-refractivity contribution in [2.24, 2.45) is 0 Å². The second-order valence-corrected chi connectivity index (χ2v) is 6.00. The summed E-state index contributed by atoms with van der Waals surface area (Å²) in [5.74, 6) is 0.188. The van der Waals surface area contributed by atoms with Crippen molar-refractivity contribution in [1.29, 1.82) is 0 Å². The molecular formula is C17H12ClN5O4. The predicted octanol–water partition coefficient (Wildman–Crippen LogP) is 1.97. The maximum Gasteiger partial charge on any atom is 0.310 e. The first-order chi connectivity index (χ1) is 12.9. The van der Waals surface area contributed by atoms with E-state index in [0.717, 1.165) is 6.07 Å². The molecule has 3 aromatic rings. The summed E-state index contributed by atoms with van der Waals surface area (Å²) in [5.41, 5.74) is -1.08. The molecule has 0 bridgehead atoms. The molecule has 0 spiro atoms. The Balaban J connectivity index is 1.99. The molecule has 0 fully saturated rings. The first-order valence-electron chi connectivity index (χ1n) is 7.60. The lowest BCUT2D eigenvalue weighted by atomic mass is 10.3. The van der Waals surface area contributed by atoms with Crippen LogP contribution in [-0.4, -0.2) is 19.7 Å². The Labute approximate surface area is 156 Å². The largest absolute Gasteiger partial charge is 0.451 e. The van der Waals surface area contributed by atoms with E-state index in [-0.39, 0.29) is 23.7 Å². The molecule has 2 aromatic heterocycles. The van der Waals surface area contributed by atoms with Crippen LogP contribution in [-0.2, 0) is 6.54 Å². The summed E-state index contributed by atoms with van der Waals surface area (Å²) in [4.78, 5) is 42.7. The highest BCUT2D eigenvalue weighted by molar-refractivity contribution is 6.31. The summed E-state index contributed by atoms with van der Waals surface area (Å²) >= 11 is 5.96. The van der Waals surface area contributed by atoms with E-state index < -0.39 is 16.5 Å². The van der Waals surface area contributed by atoms with E-state index >= 15 is 0 Å². The van der Waals surface area contributed by atoms with Crippen LogP contribution in [0.15, 0.2) is 45.0 Å². The van der Waals surface area contributed by atoms with Gasteiger partial charge in [-0.05, 0) is 25.1 Å². The van der Waals surface area contributed by atoms with E-state index in [4.69, 9.17) is 22.9 Å². The average molecular weight is 386 g/mol. The van der Waals surface area contributed by atoms with Crippen LogP contribution in [0.3, 0.4) is 0 Å². The van der Waals surface area contributed by atoms with Crippen LogP contribution in [0.5, 0.6) is 11.5 Å². The predicted molar refractivity (Wildman–Crippen MR) is 97.8 cm³/mol. The fraction of sp³-hybridized carbons (Fsp3) is 0.118. The van der Waals surface area contributed by atoms with Crippen molar-refractivity contribution in [2.45, 2.75) is 13.5 Å². The van der Waals surface area contributed by atoms with Gasteiger partial charge in [0.1, 0.15) is 5.75 Å². The molecular weight excluding hydrogens is 374 g/mol. The number of hydrogen-bond donors (Lipinski definition) is 2. The summed E-state index contributed by atoms with van der Waals surface area (Å²) in [6, 6.07) is 5.51. The quantitative estimate of drug-likeness (QED) is 0.526. The van der Waals surface area contributed by atoms with Gasteiger partial charge in [0.25, 0.3) is 5.56 Å². The summed E-state index contributed by atoms with van der Waals surface area (Å²) in [7, 11) is 0. The Morgan fingerprint density at radius 2 is 2.00 bits per heavy atom. The van der Waals surface area contributed by atoms with E-state index in [2.05, 4.69) is 20.0 Å². The smallest absolute Gasteiger partial charge is 0.310 e. The molecule has 0 unspecified atom stereocenters. The third-order valence-electron chi connectivity index (χ3n) is 3.59. The number of rotatable bonds is 4. The van der Waals surface area contributed by atoms with Crippen LogP contribution in [0, 0.1) is 13.5 Å². The number of aromatic nitrogens is 4. The van der Waals surface area contributed by atoms with Crippen molar-refractivity contribution in [2.75, 3.05) is 0 Å². The number of halogens is 1. The number of nitrogens with one attached hydrogen (secondary N) is 2. The molecule has 2 N–H and O–H groups in total. The van der Waals surface area contributed by atoms with Gasteiger partial charge in [-0.25, -0.2) is 9.83 Å². The van der Waals surface area contributed by atoms with Gasteiger partial charge in [-0.1, -0.05) is 11.6 Å². The monoisotopic (exact) mass is 385 g/mol. The van der Waals surface area contributed by atoms with E-state index in [1.807, 2.05) is 0 Å². The van der Waals surface area contributed by atoms with Crippen molar-refractivity contribution in [3.05, 3.63) is 89.4 Å². The lowest BCUT2D eigenvalue weighted by Gasteiger charge is -2.11. The zero-order chi connectivity index (χ0) is 19.6. The molecule has 27 heavy (non-hydrogen) atoms. The van der Waals surface area contributed by atoms with Crippen LogP contribution in [0.25, 0.3) is 4.85 Å². The second-order valence-electron chi connectivity index (χ2n) is 5.56. The SMILES string of the molecule is [C-]#[N+]c1cc(Cl)cc(Oc2c(C)ncn(Cc3cc(=O)c(=O)[nH][nH]3)c2=O)c1. The van der Waals surface area contributed by atoms with Crippen molar-refractivity contribution in [3.63, 3.8) is 0 Å². The van der Waals surface area contributed by atoms with E-state index in [1.165, 1.54) is 29.1 Å². The summed E-state index contributed by atoms with van der Waals surface area (Å²) < 4.78 is 6.85. The van der Waals surface area contributed by atoms with Gasteiger partial charge in [0.05, 0.1) is 30.8 Å². The Bertz CT molecular complexity index is 1240. The second kappa shape index (κ2) is 7.31. The molecule has 10 heteroatoms. The van der Waals surface area contributed by atoms with Crippen LogP contribution in [0.2, 0.25) is 5.02 Å². The van der Waals surface area contributed by atoms with Crippen LogP contribution >= 0.6 is 11.6 Å². The molecule has 1 aromatic carbocycles. The van der Waals surface area contributed by atoms with Gasteiger partial charge in [0.15, 0.2) is 5.69 Å². The third kappa shape index (κ3) is 3.96. The normalized spacial score (nSPS) is 10.4. The van der Waals surface area contributed by atoms with Crippen molar-refractivity contribution < 1.29 is 4.74 Å². The van der Waals surface area contributed by atoms with Crippen molar-refractivity contribution >= 4 is 17.3 Å². The average Bonchev–Trinajstić information content (AvgIpc) is 2.63. The molecule has 3 rings (SSSR count). The third-order valence-corrected chi connectivity index (χ3v) is 3.80. The first kappa shape index (κ1) is 18.2. The fourth-order valence-corrected chi connectivity index (χ4v) is 2.52. The molecule has 0 aliphatic rings. The Hall–Kier alpha value is -3.64. The molecule has 136 valence electrons. The van der Waals surface area contributed by atoms with E-state index in [1.54, 1.807) is 6.92 Å². The number of aromatic amines is 2. The maximum atomic E-state index is 12.7. The van der Waals surface area contributed by atoms with E-state index in [9.17, 15) is 14.4 Å².